The lowest BCUT2D eigenvalue weighted by Gasteiger charge is -2.14. The summed E-state index contributed by atoms with van der Waals surface area (Å²) in [6.07, 6.45) is 2.82. The SMILES string of the molecule is COc1ccc2cc(-c3cc(Nc4ccnc(N)n4)cc(C=N)c3N)ccc2c1. The summed E-state index contributed by atoms with van der Waals surface area (Å²) in [6.45, 7) is 0. The van der Waals surface area contributed by atoms with Crippen molar-refractivity contribution < 1.29 is 4.74 Å². The molecule has 1 heterocycles. The molecule has 7 heteroatoms. The third-order valence-electron chi connectivity index (χ3n) is 4.67. The van der Waals surface area contributed by atoms with Gasteiger partial charge in [0.25, 0.3) is 0 Å². The largest absolute Gasteiger partial charge is 0.497 e. The summed E-state index contributed by atoms with van der Waals surface area (Å²) in [7, 11) is 1.65. The fourth-order valence-corrected chi connectivity index (χ4v) is 3.22. The van der Waals surface area contributed by atoms with E-state index >= 15 is 0 Å². The molecule has 29 heavy (non-hydrogen) atoms. The smallest absolute Gasteiger partial charge is 0.221 e. The molecule has 4 aromatic rings. The Balaban J connectivity index is 1.80. The number of hydrogen-bond donors (Lipinski definition) is 4. The zero-order valence-corrected chi connectivity index (χ0v) is 15.8. The summed E-state index contributed by atoms with van der Waals surface area (Å²) in [6, 6.07) is 17.5. The summed E-state index contributed by atoms with van der Waals surface area (Å²) in [5.41, 5.74) is 15.7. The first-order chi connectivity index (χ1) is 14.1. The molecule has 0 aliphatic rings. The average Bonchev–Trinajstić information content (AvgIpc) is 2.74. The molecule has 0 aliphatic heterocycles. The van der Waals surface area contributed by atoms with Crippen LogP contribution in [0.25, 0.3) is 21.9 Å². The van der Waals surface area contributed by atoms with Crippen molar-refractivity contribution in [3.63, 3.8) is 0 Å². The molecule has 6 N–H and O–H groups in total. The summed E-state index contributed by atoms with van der Waals surface area (Å²) in [5.74, 6) is 1.56. The molecule has 0 amide bonds. The van der Waals surface area contributed by atoms with Crippen molar-refractivity contribution in [3.05, 3.63) is 66.4 Å². The van der Waals surface area contributed by atoms with Gasteiger partial charge >= 0.3 is 0 Å². The zero-order valence-electron chi connectivity index (χ0n) is 15.8. The van der Waals surface area contributed by atoms with E-state index in [-0.39, 0.29) is 5.95 Å². The van der Waals surface area contributed by atoms with Gasteiger partial charge in [-0.25, -0.2) is 4.98 Å². The van der Waals surface area contributed by atoms with E-state index in [1.165, 1.54) is 6.21 Å². The highest BCUT2D eigenvalue weighted by Crippen LogP contribution is 2.34. The second-order valence-electron chi connectivity index (χ2n) is 6.52. The van der Waals surface area contributed by atoms with Crippen LogP contribution in [-0.2, 0) is 0 Å². The quantitative estimate of drug-likeness (QED) is 0.302. The van der Waals surface area contributed by atoms with E-state index in [1.54, 1.807) is 25.4 Å². The first-order valence-electron chi connectivity index (χ1n) is 8.95. The van der Waals surface area contributed by atoms with Gasteiger partial charge in [-0.2, -0.15) is 4.98 Å². The van der Waals surface area contributed by atoms with Gasteiger partial charge in [-0.05, 0) is 52.7 Å². The van der Waals surface area contributed by atoms with Crippen LogP contribution in [0.1, 0.15) is 5.56 Å². The molecule has 0 spiro atoms. The summed E-state index contributed by atoms with van der Waals surface area (Å²) in [5, 5.41) is 13.1. The van der Waals surface area contributed by atoms with Crippen LogP contribution < -0.4 is 21.5 Å². The number of fused-ring (bicyclic) bond motifs is 1. The fraction of sp³-hybridized carbons (Fsp3) is 0.0455. The number of nitrogens with one attached hydrogen (secondary N) is 2. The van der Waals surface area contributed by atoms with E-state index in [1.807, 2.05) is 36.4 Å². The zero-order chi connectivity index (χ0) is 20.4. The molecule has 7 nitrogen and oxygen atoms in total. The Bertz CT molecular complexity index is 1220. The van der Waals surface area contributed by atoms with Crippen molar-refractivity contribution in [3.8, 4) is 16.9 Å². The fourth-order valence-electron chi connectivity index (χ4n) is 3.22. The van der Waals surface area contributed by atoms with Crippen LogP contribution in [0.3, 0.4) is 0 Å². The Morgan fingerprint density at radius 3 is 2.55 bits per heavy atom. The average molecular weight is 384 g/mol. The lowest BCUT2D eigenvalue weighted by atomic mass is 9.97. The molecule has 0 atom stereocenters. The second kappa shape index (κ2) is 7.47. The number of hydrogen-bond acceptors (Lipinski definition) is 7. The number of ether oxygens (including phenoxy) is 1. The van der Waals surface area contributed by atoms with E-state index in [0.29, 0.717) is 17.1 Å². The maximum atomic E-state index is 7.74. The van der Waals surface area contributed by atoms with Gasteiger partial charge in [-0.3, -0.25) is 0 Å². The van der Waals surface area contributed by atoms with Crippen LogP contribution in [0, 0.1) is 5.41 Å². The highest BCUT2D eigenvalue weighted by molar-refractivity contribution is 5.97. The summed E-state index contributed by atoms with van der Waals surface area (Å²) in [4.78, 5) is 8.06. The van der Waals surface area contributed by atoms with Gasteiger partial charge in [0.15, 0.2) is 0 Å². The van der Waals surface area contributed by atoms with Crippen molar-refractivity contribution in [2.75, 3.05) is 23.9 Å². The number of nitrogen functional groups attached to an aromatic ring is 2. The molecule has 0 saturated heterocycles. The minimum atomic E-state index is 0.183. The molecule has 0 fully saturated rings. The third-order valence-corrected chi connectivity index (χ3v) is 4.67. The Labute approximate surface area is 167 Å². The molecule has 1 aromatic heterocycles. The highest BCUT2D eigenvalue weighted by atomic mass is 16.5. The van der Waals surface area contributed by atoms with Crippen LogP contribution in [-0.4, -0.2) is 23.3 Å². The topological polar surface area (TPSA) is 123 Å². The third kappa shape index (κ3) is 3.66. The maximum absolute atomic E-state index is 7.74. The Kier molecular flexibility index (Phi) is 4.70. The van der Waals surface area contributed by atoms with E-state index in [0.717, 1.165) is 33.3 Å². The molecule has 3 aromatic carbocycles. The number of nitrogens with two attached hydrogens (primary N) is 2. The van der Waals surface area contributed by atoms with Crippen molar-refractivity contribution in [1.29, 1.82) is 5.41 Å². The van der Waals surface area contributed by atoms with Gasteiger partial charge in [0.2, 0.25) is 5.95 Å². The minimum absolute atomic E-state index is 0.183. The van der Waals surface area contributed by atoms with Crippen LogP contribution in [0.15, 0.2) is 60.8 Å². The standard InChI is InChI=1S/C22H20N6O/c1-29-18-5-4-13-8-15(3-2-14(13)10-18)19-11-17(9-16(12-23)21(19)24)27-20-6-7-26-22(25)28-20/h2-12,23H,24H2,1H3,(H3,25,26,27,28). The van der Waals surface area contributed by atoms with Crippen molar-refractivity contribution >= 4 is 40.1 Å². The van der Waals surface area contributed by atoms with Crippen LogP contribution in [0.2, 0.25) is 0 Å². The summed E-state index contributed by atoms with van der Waals surface area (Å²) < 4.78 is 5.29. The number of methoxy groups -OCH3 is 1. The van der Waals surface area contributed by atoms with Crippen molar-refractivity contribution in [1.82, 2.24) is 9.97 Å². The van der Waals surface area contributed by atoms with Crippen LogP contribution >= 0.6 is 0 Å². The molecule has 4 rings (SSSR count). The summed E-state index contributed by atoms with van der Waals surface area (Å²) >= 11 is 0. The van der Waals surface area contributed by atoms with Crippen LogP contribution in [0.5, 0.6) is 5.75 Å². The monoisotopic (exact) mass is 384 g/mol. The molecular formula is C22H20N6O. The molecule has 0 radical (unpaired) electrons. The van der Waals surface area contributed by atoms with Gasteiger partial charge < -0.3 is 26.9 Å². The van der Waals surface area contributed by atoms with E-state index in [4.69, 9.17) is 21.6 Å². The lowest BCUT2D eigenvalue weighted by Crippen LogP contribution is -2.02. The number of rotatable bonds is 5. The predicted molar refractivity (Wildman–Crippen MR) is 118 cm³/mol. The predicted octanol–water partition coefficient (Wildman–Crippen LogP) is 4.21. The van der Waals surface area contributed by atoms with Gasteiger partial charge in [0, 0.05) is 34.9 Å². The number of benzene rings is 3. The van der Waals surface area contributed by atoms with E-state index in [2.05, 4.69) is 21.4 Å². The molecule has 0 saturated carbocycles. The van der Waals surface area contributed by atoms with Gasteiger partial charge in [0.05, 0.1) is 7.11 Å². The molecule has 0 aliphatic carbocycles. The van der Waals surface area contributed by atoms with Crippen LogP contribution in [0.4, 0.5) is 23.1 Å². The second-order valence-corrected chi connectivity index (χ2v) is 6.52. The Hall–Kier alpha value is -4.13. The lowest BCUT2D eigenvalue weighted by molar-refractivity contribution is 0.415. The normalized spacial score (nSPS) is 10.7. The number of aromatic nitrogens is 2. The Morgan fingerprint density at radius 2 is 1.79 bits per heavy atom. The number of nitrogens with zero attached hydrogens (tertiary/aromatic N) is 2. The van der Waals surface area contributed by atoms with Crippen molar-refractivity contribution in [2.24, 2.45) is 0 Å². The van der Waals surface area contributed by atoms with Crippen molar-refractivity contribution in [2.45, 2.75) is 0 Å². The highest BCUT2D eigenvalue weighted by Gasteiger charge is 2.11. The molecule has 0 unspecified atom stereocenters. The molecule has 144 valence electrons. The van der Waals surface area contributed by atoms with E-state index < -0.39 is 0 Å². The molecular weight excluding hydrogens is 364 g/mol. The maximum Gasteiger partial charge on any atom is 0.221 e. The van der Waals surface area contributed by atoms with Gasteiger partial charge in [0.1, 0.15) is 11.6 Å². The Morgan fingerprint density at radius 1 is 1.00 bits per heavy atom. The van der Waals surface area contributed by atoms with Gasteiger partial charge in [-0.1, -0.05) is 18.2 Å². The minimum Gasteiger partial charge on any atom is -0.497 e. The number of anilines is 4. The van der Waals surface area contributed by atoms with E-state index in [9.17, 15) is 0 Å². The molecule has 0 bridgehead atoms. The van der Waals surface area contributed by atoms with Gasteiger partial charge in [-0.15, -0.1) is 0 Å². The first kappa shape index (κ1) is 18.2. The first-order valence-corrected chi connectivity index (χ1v) is 8.95.